The van der Waals surface area contributed by atoms with Gasteiger partial charge in [0.1, 0.15) is 11.4 Å². The largest absolute Gasteiger partial charge is 0.354 e. The summed E-state index contributed by atoms with van der Waals surface area (Å²) in [6, 6.07) is 12.9. The molecule has 1 aliphatic rings. The molecule has 1 aliphatic heterocycles. The zero-order valence-corrected chi connectivity index (χ0v) is 23.2. The average molecular weight is 494 g/mol. The van der Waals surface area contributed by atoms with Crippen molar-refractivity contribution < 1.29 is 9.18 Å². The van der Waals surface area contributed by atoms with Gasteiger partial charge in [-0.15, -0.1) is 0 Å². The van der Waals surface area contributed by atoms with Crippen LogP contribution in [-0.2, 0) is 11.2 Å². The van der Waals surface area contributed by atoms with Crippen molar-refractivity contribution in [3.8, 4) is 0 Å². The van der Waals surface area contributed by atoms with Gasteiger partial charge in [-0.3, -0.25) is 4.79 Å². The van der Waals surface area contributed by atoms with Gasteiger partial charge in [-0.25, -0.2) is 9.40 Å². The van der Waals surface area contributed by atoms with E-state index in [1.807, 2.05) is 11.9 Å². The SMILES string of the molecule is CCCCC1C(c2ccc(F)cc2)=NN(c2ccc(CC)cc2C)C1(C)C(=O)NCCCC(C)(C)C. The minimum atomic E-state index is -0.890. The van der Waals surface area contributed by atoms with Crippen LogP contribution in [0.2, 0.25) is 0 Å². The molecule has 0 aromatic heterocycles. The second-order valence-corrected chi connectivity index (χ2v) is 11.5. The van der Waals surface area contributed by atoms with Crippen LogP contribution in [0.5, 0.6) is 0 Å². The third-order valence-corrected chi connectivity index (χ3v) is 7.39. The zero-order valence-electron chi connectivity index (χ0n) is 23.2. The maximum absolute atomic E-state index is 14.0. The predicted molar refractivity (Wildman–Crippen MR) is 149 cm³/mol. The Morgan fingerprint density at radius 2 is 1.81 bits per heavy atom. The van der Waals surface area contributed by atoms with Gasteiger partial charge in [-0.2, -0.15) is 5.10 Å². The fourth-order valence-corrected chi connectivity index (χ4v) is 5.13. The number of halogens is 1. The molecule has 1 N–H and O–H groups in total. The molecule has 1 amide bonds. The Balaban J connectivity index is 2.05. The van der Waals surface area contributed by atoms with Crippen molar-refractivity contribution in [2.24, 2.45) is 16.4 Å². The smallest absolute Gasteiger partial charge is 0.248 e. The van der Waals surface area contributed by atoms with E-state index in [-0.39, 0.29) is 23.1 Å². The van der Waals surface area contributed by atoms with E-state index in [2.05, 4.69) is 65.1 Å². The van der Waals surface area contributed by atoms with Gasteiger partial charge >= 0.3 is 0 Å². The van der Waals surface area contributed by atoms with Crippen molar-refractivity contribution in [3.05, 3.63) is 65.0 Å². The summed E-state index contributed by atoms with van der Waals surface area (Å²) in [6.45, 7) is 15.7. The standard InChI is InChI=1S/C31H44FN3O/c1-8-10-12-26-28(24-14-16-25(32)17-15-24)34-35(27-18-13-23(9-2)21-22(27)3)31(26,7)29(36)33-20-11-19-30(4,5)6/h13-18,21,26H,8-12,19-20H2,1-7H3,(H,33,36). The summed E-state index contributed by atoms with van der Waals surface area (Å²) >= 11 is 0. The molecule has 0 fully saturated rings. The van der Waals surface area contributed by atoms with Crippen molar-refractivity contribution in [2.45, 2.75) is 92.5 Å². The normalized spacial score (nSPS) is 19.9. The first-order valence-electron chi connectivity index (χ1n) is 13.5. The molecule has 36 heavy (non-hydrogen) atoms. The van der Waals surface area contributed by atoms with Crippen LogP contribution >= 0.6 is 0 Å². The summed E-state index contributed by atoms with van der Waals surface area (Å²) in [5, 5.41) is 10.3. The lowest BCUT2D eigenvalue weighted by molar-refractivity contribution is -0.126. The fourth-order valence-electron chi connectivity index (χ4n) is 5.13. The molecule has 0 saturated carbocycles. The summed E-state index contributed by atoms with van der Waals surface area (Å²) < 4.78 is 13.8. The summed E-state index contributed by atoms with van der Waals surface area (Å²) in [5.74, 6) is -0.391. The summed E-state index contributed by atoms with van der Waals surface area (Å²) in [7, 11) is 0. The number of hydrogen-bond donors (Lipinski definition) is 1. The lowest BCUT2D eigenvalue weighted by atomic mass is 9.76. The summed E-state index contributed by atoms with van der Waals surface area (Å²) in [6.07, 6.45) is 5.78. The second-order valence-electron chi connectivity index (χ2n) is 11.5. The van der Waals surface area contributed by atoms with Crippen molar-refractivity contribution in [3.63, 3.8) is 0 Å². The minimum absolute atomic E-state index is 0.00246. The Hall–Kier alpha value is -2.69. The predicted octanol–water partition coefficient (Wildman–Crippen LogP) is 7.43. The number of hydrogen-bond acceptors (Lipinski definition) is 3. The highest BCUT2D eigenvalue weighted by Gasteiger charge is 2.53. The van der Waals surface area contributed by atoms with Gasteiger partial charge in [0.05, 0.1) is 11.4 Å². The van der Waals surface area contributed by atoms with Crippen molar-refractivity contribution in [2.75, 3.05) is 11.6 Å². The van der Waals surface area contributed by atoms with Crippen molar-refractivity contribution >= 4 is 17.3 Å². The van der Waals surface area contributed by atoms with E-state index < -0.39 is 5.54 Å². The first-order valence-corrected chi connectivity index (χ1v) is 13.5. The van der Waals surface area contributed by atoms with Gasteiger partial charge in [0.15, 0.2) is 0 Å². The van der Waals surface area contributed by atoms with E-state index in [1.165, 1.54) is 17.7 Å². The molecule has 5 heteroatoms. The average Bonchev–Trinajstić information content (AvgIpc) is 3.13. The molecule has 0 saturated heterocycles. The lowest BCUT2D eigenvalue weighted by Gasteiger charge is -2.38. The lowest BCUT2D eigenvalue weighted by Crippen LogP contribution is -2.58. The zero-order chi connectivity index (χ0) is 26.5. The highest BCUT2D eigenvalue weighted by Crippen LogP contribution is 2.43. The molecular weight excluding hydrogens is 449 g/mol. The van der Waals surface area contributed by atoms with Gasteiger partial charge in [0.2, 0.25) is 5.91 Å². The van der Waals surface area contributed by atoms with E-state index >= 15 is 0 Å². The Bertz CT molecular complexity index is 1070. The molecular formula is C31H44FN3O. The van der Waals surface area contributed by atoms with Crippen LogP contribution in [0.4, 0.5) is 10.1 Å². The summed E-state index contributed by atoms with van der Waals surface area (Å²) in [4.78, 5) is 14.0. The van der Waals surface area contributed by atoms with E-state index in [1.54, 1.807) is 12.1 Å². The van der Waals surface area contributed by atoms with Gasteiger partial charge < -0.3 is 5.32 Å². The van der Waals surface area contributed by atoms with Gasteiger partial charge in [-0.05, 0) is 79.8 Å². The van der Waals surface area contributed by atoms with Gasteiger partial charge in [-0.1, -0.05) is 71.7 Å². The Kier molecular flexibility index (Phi) is 8.97. The molecule has 4 nitrogen and oxygen atoms in total. The molecule has 0 aliphatic carbocycles. The first kappa shape index (κ1) is 27.9. The maximum atomic E-state index is 14.0. The van der Waals surface area contributed by atoms with Crippen LogP contribution in [0.1, 0.15) is 90.3 Å². The molecule has 3 rings (SSSR count). The van der Waals surface area contributed by atoms with Crippen LogP contribution in [-0.4, -0.2) is 23.7 Å². The number of unbranched alkanes of at least 4 members (excludes halogenated alkanes) is 1. The van der Waals surface area contributed by atoms with Crippen molar-refractivity contribution in [1.29, 1.82) is 0 Å². The number of rotatable bonds is 10. The van der Waals surface area contributed by atoms with Crippen molar-refractivity contribution in [1.82, 2.24) is 5.32 Å². The number of nitrogens with zero attached hydrogens (tertiary/aromatic N) is 2. The molecule has 0 radical (unpaired) electrons. The molecule has 0 spiro atoms. The highest BCUT2D eigenvalue weighted by atomic mass is 19.1. The summed E-state index contributed by atoms with van der Waals surface area (Å²) in [5.41, 5.74) is 4.37. The molecule has 2 unspecified atom stereocenters. The molecule has 196 valence electrons. The number of carbonyl (C=O) groups excluding carboxylic acids is 1. The van der Waals surface area contributed by atoms with E-state index in [4.69, 9.17) is 5.10 Å². The van der Waals surface area contributed by atoms with E-state index in [9.17, 15) is 9.18 Å². The molecule has 2 aromatic rings. The van der Waals surface area contributed by atoms with E-state index in [0.29, 0.717) is 6.54 Å². The quantitative estimate of drug-likeness (QED) is 0.350. The number of aryl methyl sites for hydroxylation is 2. The number of nitrogens with one attached hydrogen (secondary N) is 1. The first-order chi connectivity index (χ1) is 17.0. The number of benzene rings is 2. The third-order valence-electron chi connectivity index (χ3n) is 7.39. The number of carbonyl (C=O) groups is 1. The van der Waals surface area contributed by atoms with Crippen LogP contribution in [0.3, 0.4) is 0 Å². The third kappa shape index (κ3) is 6.16. The van der Waals surface area contributed by atoms with Crippen LogP contribution < -0.4 is 10.3 Å². The topological polar surface area (TPSA) is 44.7 Å². The Labute approximate surface area is 217 Å². The number of amides is 1. The molecule has 1 heterocycles. The number of anilines is 1. The Morgan fingerprint density at radius 3 is 2.39 bits per heavy atom. The van der Waals surface area contributed by atoms with Crippen LogP contribution in [0, 0.1) is 24.1 Å². The fraction of sp³-hybridized carbons (Fsp3) is 0.548. The van der Waals surface area contributed by atoms with Gasteiger partial charge in [0.25, 0.3) is 0 Å². The molecule has 2 aromatic carbocycles. The minimum Gasteiger partial charge on any atom is -0.354 e. The van der Waals surface area contributed by atoms with E-state index in [0.717, 1.165) is 61.1 Å². The molecule has 2 atom stereocenters. The number of hydrazone groups is 1. The van der Waals surface area contributed by atoms with Gasteiger partial charge in [0, 0.05) is 12.5 Å². The van der Waals surface area contributed by atoms with Crippen LogP contribution in [0.15, 0.2) is 47.6 Å². The van der Waals surface area contributed by atoms with Crippen LogP contribution in [0.25, 0.3) is 0 Å². The monoisotopic (exact) mass is 493 g/mol. The highest BCUT2D eigenvalue weighted by molar-refractivity contribution is 6.10. The Morgan fingerprint density at radius 1 is 1.11 bits per heavy atom. The maximum Gasteiger partial charge on any atom is 0.248 e. The molecule has 0 bridgehead atoms. The second kappa shape index (κ2) is 11.6.